The zero-order chi connectivity index (χ0) is 17.0. The number of carbonyl (C=O) groups excluding carboxylic acids is 2. The van der Waals surface area contributed by atoms with Crippen molar-refractivity contribution in [2.75, 3.05) is 6.54 Å². The highest BCUT2D eigenvalue weighted by molar-refractivity contribution is 7.10. The molecule has 1 aliphatic carbocycles. The van der Waals surface area contributed by atoms with Crippen molar-refractivity contribution in [3.05, 3.63) is 46.5 Å². The van der Waals surface area contributed by atoms with Crippen molar-refractivity contribution in [3.8, 4) is 0 Å². The first-order valence-electron chi connectivity index (χ1n) is 7.98. The molecular formula is C17H20N2O4S. The highest BCUT2D eigenvalue weighted by Crippen LogP contribution is 2.32. The fourth-order valence-electron chi connectivity index (χ4n) is 2.93. The molecule has 0 saturated heterocycles. The minimum atomic E-state index is -1.50. The number of hydrogen-bond acceptors (Lipinski definition) is 5. The maximum absolute atomic E-state index is 12.1. The second-order valence-corrected chi connectivity index (χ2v) is 6.90. The Bertz CT molecular complexity index is 641. The number of aliphatic hydroxyl groups is 1. The minimum Gasteiger partial charge on any atom is -0.466 e. The number of hydrogen-bond donors (Lipinski definition) is 3. The summed E-state index contributed by atoms with van der Waals surface area (Å²) >= 11 is 1.35. The van der Waals surface area contributed by atoms with Crippen LogP contribution in [0, 0.1) is 0 Å². The Morgan fingerprint density at radius 2 is 2.04 bits per heavy atom. The number of furan rings is 1. The Kier molecular flexibility index (Phi) is 5.01. The van der Waals surface area contributed by atoms with Gasteiger partial charge in [-0.3, -0.25) is 9.59 Å². The Morgan fingerprint density at radius 1 is 1.25 bits per heavy atom. The number of nitrogens with one attached hydrogen (secondary N) is 2. The van der Waals surface area contributed by atoms with E-state index in [1.165, 1.54) is 17.6 Å². The summed E-state index contributed by atoms with van der Waals surface area (Å²) in [5.41, 5.74) is -1.50. The van der Waals surface area contributed by atoms with Crippen molar-refractivity contribution in [3.63, 3.8) is 0 Å². The standard InChI is InChI=1S/C17H20N2O4S/c20-15(16(21)19-12-5-1-2-6-12)18-11-17(22,13-7-3-9-23-13)14-8-4-10-24-14/h3-4,7-10,12,22H,1-2,5-6,11H2,(H,18,20)(H,19,21). The molecule has 0 aromatic carbocycles. The second-order valence-electron chi connectivity index (χ2n) is 5.95. The molecule has 1 unspecified atom stereocenters. The zero-order valence-corrected chi connectivity index (χ0v) is 14.0. The first kappa shape index (κ1) is 16.7. The molecule has 24 heavy (non-hydrogen) atoms. The number of thiophene rings is 1. The van der Waals surface area contributed by atoms with E-state index in [0.29, 0.717) is 10.6 Å². The molecule has 1 aliphatic rings. The van der Waals surface area contributed by atoms with Gasteiger partial charge in [0.05, 0.1) is 12.8 Å². The Morgan fingerprint density at radius 3 is 2.67 bits per heavy atom. The molecule has 2 aromatic heterocycles. The first-order chi connectivity index (χ1) is 11.6. The van der Waals surface area contributed by atoms with Gasteiger partial charge in [0.15, 0.2) is 5.60 Å². The van der Waals surface area contributed by atoms with Crippen LogP contribution in [0.2, 0.25) is 0 Å². The van der Waals surface area contributed by atoms with E-state index in [1.807, 2.05) is 11.4 Å². The lowest BCUT2D eigenvalue weighted by molar-refractivity contribution is -0.140. The lowest BCUT2D eigenvalue weighted by atomic mass is 9.98. The summed E-state index contributed by atoms with van der Waals surface area (Å²) in [7, 11) is 0. The number of carbonyl (C=O) groups is 2. The normalized spacial score (nSPS) is 17.4. The molecule has 1 atom stereocenters. The highest BCUT2D eigenvalue weighted by Gasteiger charge is 2.36. The van der Waals surface area contributed by atoms with Crippen LogP contribution in [0.4, 0.5) is 0 Å². The van der Waals surface area contributed by atoms with Gasteiger partial charge in [0, 0.05) is 10.9 Å². The Balaban J connectivity index is 1.65. The molecule has 2 amide bonds. The molecule has 6 nitrogen and oxygen atoms in total. The molecule has 7 heteroatoms. The largest absolute Gasteiger partial charge is 0.466 e. The van der Waals surface area contributed by atoms with Crippen LogP contribution in [0.25, 0.3) is 0 Å². The van der Waals surface area contributed by atoms with Gasteiger partial charge >= 0.3 is 11.8 Å². The molecule has 1 saturated carbocycles. The third-order valence-corrected chi connectivity index (χ3v) is 5.28. The highest BCUT2D eigenvalue weighted by atomic mass is 32.1. The van der Waals surface area contributed by atoms with Crippen LogP contribution >= 0.6 is 11.3 Å². The van der Waals surface area contributed by atoms with Crippen molar-refractivity contribution < 1.29 is 19.1 Å². The maximum Gasteiger partial charge on any atom is 0.309 e. The Labute approximate surface area is 143 Å². The van der Waals surface area contributed by atoms with Crippen LogP contribution in [-0.2, 0) is 15.2 Å². The molecule has 128 valence electrons. The van der Waals surface area contributed by atoms with Gasteiger partial charge in [-0.05, 0) is 36.4 Å². The van der Waals surface area contributed by atoms with Crippen LogP contribution in [0.3, 0.4) is 0 Å². The van der Waals surface area contributed by atoms with Crippen LogP contribution in [0.1, 0.15) is 36.3 Å². The lowest BCUT2D eigenvalue weighted by Crippen LogP contribution is -2.48. The molecule has 3 rings (SSSR count). The van der Waals surface area contributed by atoms with E-state index >= 15 is 0 Å². The molecule has 0 radical (unpaired) electrons. The summed E-state index contributed by atoms with van der Waals surface area (Å²) in [5.74, 6) is -1.08. The number of rotatable bonds is 5. The van der Waals surface area contributed by atoms with E-state index in [0.717, 1.165) is 25.7 Å². The lowest BCUT2D eigenvalue weighted by Gasteiger charge is -2.25. The van der Waals surface area contributed by atoms with Gasteiger partial charge in [-0.1, -0.05) is 18.9 Å². The molecule has 1 fully saturated rings. The van der Waals surface area contributed by atoms with Crippen LogP contribution in [0.5, 0.6) is 0 Å². The van der Waals surface area contributed by atoms with E-state index in [1.54, 1.807) is 18.2 Å². The molecule has 2 aromatic rings. The monoisotopic (exact) mass is 348 g/mol. The van der Waals surface area contributed by atoms with Gasteiger partial charge in [-0.25, -0.2) is 0 Å². The second kappa shape index (κ2) is 7.19. The van der Waals surface area contributed by atoms with Gasteiger partial charge in [-0.2, -0.15) is 0 Å². The topological polar surface area (TPSA) is 91.6 Å². The van der Waals surface area contributed by atoms with Gasteiger partial charge in [0.2, 0.25) is 0 Å². The van der Waals surface area contributed by atoms with Gasteiger partial charge in [0.25, 0.3) is 0 Å². The van der Waals surface area contributed by atoms with Crippen LogP contribution < -0.4 is 10.6 Å². The molecule has 2 heterocycles. The average Bonchev–Trinajstić information content (AvgIpc) is 3.35. The quantitative estimate of drug-likeness (QED) is 0.718. The number of amides is 2. The predicted octanol–water partition coefficient (Wildman–Crippen LogP) is 1.75. The third-order valence-electron chi connectivity index (χ3n) is 4.26. The minimum absolute atomic E-state index is 0.0736. The zero-order valence-electron chi connectivity index (χ0n) is 13.2. The van der Waals surface area contributed by atoms with E-state index < -0.39 is 17.4 Å². The molecule has 0 spiro atoms. The maximum atomic E-state index is 12.1. The average molecular weight is 348 g/mol. The van der Waals surface area contributed by atoms with Crippen molar-refractivity contribution >= 4 is 23.2 Å². The van der Waals surface area contributed by atoms with Crippen molar-refractivity contribution in [2.45, 2.75) is 37.3 Å². The van der Waals surface area contributed by atoms with Crippen molar-refractivity contribution in [2.24, 2.45) is 0 Å². The van der Waals surface area contributed by atoms with Crippen LogP contribution in [-0.4, -0.2) is 29.5 Å². The van der Waals surface area contributed by atoms with Crippen LogP contribution in [0.15, 0.2) is 40.3 Å². The molecule has 0 bridgehead atoms. The first-order valence-corrected chi connectivity index (χ1v) is 8.86. The molecular weight excluding hydrogens is 328 g/mol. The Hall–Kier alpha value is -2.12. The summed E-state index contributed by atoms with van der Waals surface area (Å²) < 4.78 is 5.33. The SMILES string of the molecule is O=C(NCC(O)(c1ccco1)c1cccs1)C(=O)NC1CCCC1. The van der Waals surface area contributed by atoms with Crippen molar-refractivity contribution in [1.82, 2.24) is 10.6 Å². The summed E-state index contributed by atoms with van der Waals surface area (Å²) in [5, 5.41) is 18.1. The van der Waals surface area contributed by atoms with E-state index in [4.69, 9.17) is 4.42 Å². The fourth-order valence-corrected chi connectivity index (χ4v) is 3.76. The molecule has 3 N–H and O–H groups in total. The van der Waals surface area contributed by atoms with Gasteiger partial charge in [0.1, 0.15) is 5.76 Å². The summed E-state index contributed by atoms with van der Waals surface area (Å²) in [6, 6.07) is 6.96. The smallest absolute Gasteiger partial charge is 0.309 e. The van der Waals surface area contributed by atoms with E-state index in [2.05, 4.69) is 10.6 Å². The summed E-state index contributed by atoms with van der Waals surface area (Å²) in [6.07, 6.45) is 5.42. The van der Waals surface area contributed by atoms with Gasteiger partial charge in [-0.15, -0.1) is 11.3 Å². The van der Waals surface area contributed by atoms with Gasteiger partial charge < -0.3 is 20.2 Å². The predicted molar refractivity (Wildman–Crippen MR) is 89.4 cm³/mol. The van der Waals surface area contributed by atoms with E-state index in [-0.39, 0.29) is 12.6 Å². The summed E-state index contributed by atoms with van der Waals surface area (Å²) in [4.78, 5) is 24.7. The van der Waals surface area contributed by atoms with E-state index in [9.17, 15) is 14.7 Å². The van der Waals surface area contributed by atoms with Crippen molar-refractivity contribution in [1.29, 1.82) is 0 Å². The molecule has 0 aliphatic heterocycles. The fraction of sp³-hybridized carbons (Fsp3) is 0.412. The summed E-state index contributed by atoms with van der Waals surface area (Å²) in [6.45, 7) is -0.141. The third kappa shape index (κ3) is 3.52.